The number of alkyl halides is 1. The number of amides is 1. The Morgan fingerprint density at radius 3 is 2.44 bits per heavy atom. The van der Waals surface area contributed by atoms with Crippen LogP contribution in [0.5, 0.6) is 0 Å². The number of carbonyl (C=O) groups excluding carboxylic acids is 3. The maximum Gasteiger partial charge on any atom is 0.414 e. The number of aromatic nitrogens is 1. The first kappa shape index (κ1) is 23.8. The molecule has 1 amide bonds. The Morgan fingerprint density at radius 2 is 1.79 bits per heavy atom. The lowest BCUT2D eigenvalue weighted by atomic mass is 9.97. The van der Waals surface area contributed by atoms with E-state index in [1.807, 2.05) is 6.07 Å². The van der Waals surface area contributed by atoms with Gasteiger partial charge in [0.15, 0.2) is 0 Å². The molecule has 1 aromatic heterocycles. The van der Waals surface area contributed by atoms with E-state index in [4.69, 9.17) is 21.1 Å². The van der Waals surface area contributed by atoms with Gasteiger partial charge in [-0.1, -0.05) is 18.2 Å². The molecule has 1 atom stereocenters. The van der Waals surface area contributed by atoms with Crippen LogP contribution in [0.25, 0.3) is 10.9 Å². The summed E-state index contributed by atoms with van der Waals surface area (Å²) in [7, 11) is 0. The molecule has 34 heavy (non-hydrogen) atoms. The smallest absolute Gasteiger partial charge is 0.414 e. The highest BCUT2D eigenvalue weighted by molar-refractivity contribution is 6.22. The molecule has 0 saturated carbocycles. The van der Waals surface area contributed by atoms with Crippen molar-refractivity contribution in [1.29, 1.82) is 0 Å². The van der Waals surface area contributed by atoms with E-state index in [0.717, 1.165) is 5.56 Å². The van der Waals surface area contributed by atoms with Crippen LogP contribution in [-0.2, 0) is 15.9 Å². The van der Waals surface area contributed by atoms with Gasteiger partial charge in [-0.25, -0.2) is 9.59 Å². The van der Waals surface area contributed by atoms with Gasteiger partial charge in [-0.2, -0.15) is 0 Å². The van der Waals surface area contributed by atoms with Crippen LogP contribution in [0.4, 0.5) is 10.5 Å². The van der Waals surface area contributed by atoms with Gasteiger partial charge in [0, 0.05) is 17.5 Å². The third kappa shape index (κ3) is 4.53. The number of benzene rings is 2. The fourth-order valence-electron chi connectivity index (χ4n) is 4.15. The van der Waals surface area contributed by atoms with E-state index in [9.17, 15) is 14.4 Å². The van der Waals surface area contributed by atoms with Gasteiger partial charge >= 0.3 is 12.1 Å². The molecule has 1 unspecified atom stereocenters. The van der Waals surface area contributed by atoms with Crippen LogP contribution in [0.1, 0.15) is 54.1 Å². The molecule has 0 saturated heterocycles. The van der Waals surface area contributed by atoms with Crippen LogP contribution < -0.4 is 4.90 Å². The second-order valence-electron chi connectivity index (χ2n) is 9.15. The van der Waals surface area contributed by atoms with Crippen molar-refractivity contribution in [3.05, 3.63) is 65.4 Å². The number of esters is 1. The van der Waals surface area contributed by atoms with Crippen LogP contribution in [0.2, 0.25) is 0 Å². The van der Waals surface area contributed by atoms with Gasteiger partial charge in [0.2, 0.25) is 0 Å². The van der Waals surface area contributed by atoms with E-state index in [1.165, 1.54) is 9.47 Å². The summed E-state index contributed by atoms with van der Waals surface area (Å²) in [5.41, 5.74) is 1.88. The van der Waals surface area contributed by atoms with Crippen LogP contribution >= 0.6 is 11.6 Å². The summed E-state index contributed by atoms with van der Waals surface area (Å²) in [5, 5.41) is 0.313. The molecule has 0 bridgehead atoms. The zero-order valence-electron chi connectivity index (χ0n) is 19.6. The fraction of sp³-hybridized carbons (Fsp3) is 0.346. The minimum atomic E-state index is -0.664. The van der Waals surface area contributed by atoms with Gasteiger partial charge in [0.05, 0.1) is 23.2 Å². The third-order valence-corrected chi connectivity index (χ3v) is 5.78. The van der Waals surface area contributed by atoms with Crippen molar-refractivity contribution in [1.82, 2.24) is 4.57 Å². The molecule has 2 heterocycles. The monoisotopic (exact) mass is 482 g/mol. The van der Waals surface area contributed by atoms with Crippen molar-refractivity contribution in [2.24, 2.45) is 0 Å². The highest BCUT2D eigenvalue weighted by atomic mass is 35.5. The van der Waals surface area contributed by atoms with Crippen LogP contribution in [0.15, 0.2) is 48.5 Å². The molecule has 0 aliphatic carbocycles. The van der Waals surface area contributed by atoms with Crippen molar-refractivity contribution >= 4 is 46.2 Å². The molecule has 8 heteroatoms. The Labute approximate surface area is 203 Å². The number of carbonyl (C=O) groups is 3. The van der Waals surface area contributed by atoms with Crippen molar-refractivity contribution in [2.75, 3.05) is 18.1 Å². The van der Waals surface area contributed by atoms with E-state index >= 15 is 0 Å². The zero-order chi connectivity index (χ0) is 24.6. The normalized spacial score (nSPS) is 15.7. The highest BCUT2D eigenvalue weighted by Gasteiger charge is 2.33. The fourth-order valence-corrected chi connectivity index (χ4v) is 4.44. The summed E-state index contributed by atoms with van der Waals surface area (Å²) >= 11 is 6.56. The van der Waals surface area contributed by atoms with E-state index in [0.29, 0.717) is 35.1 Å². The van der Waals surface area contributed by atoms with Crippen LogP contribution in [-0.4, -0.2) is 46.7 Å². The molecule has 0 spiro atoms. The summed E-state index contributed by atoms with van der Waals surface area (Å²) in [6, 6.07) is 13.9. The molecule has 1 aliphatic heterocycles. The zero-order valence-corrected chi connectivity index (χ0v) is 20.4. The topological polar surface area (TPSA) is 77.8 Å². The van der Waals surface area contributed by atoms with Crippen LogP contribution in [0, 0.1) is 0 Å². The first-order chi connectivity index (χ1) is 16.1. The number of halogens is 1. The summed E-state index contributed by atoms with van der Waals surface area (Å²) in [6.07, 6.45) is -0.0249. The molecule has 7 nitrogen and oxygen atoms in total. The van der Waals surface area contributed by atoms with Gasteiger partial charge in [-0.05, 0) is 70.0 Å². The number of anilines is 1. The number of nitrogens with zero attached hydrogens (tertiary/aromatic N) is 2. The minimum absolute atomic E-state index is 0.125. The van der Waals surface area contributed by atoms with E-state index in [2.05, 4.69) is 0 Å². The van der Waals surface area contributed by atoms with Crippen LogP contribution in [0.3, 0.4) is 0 Å². The number of fused-ring (bicyclic) bond motifs is 3. The average Bonchev–Trinajstić information content (AvgIpc) is 3.18. The summed E-state index contributed by atoms with van der Waals surface area (Å²) in [5.74, 6) is -0.945. The quantitative estimate of drug-likeness (QED) is 0.368. The Kier molecular flexibility index (Phi) is 6.41. The summed E-state index contributed by atoms with van der Waals surface area (Å²) in [6.45, 7) is 7.59. The van der Waals surface area contributed by atoms with Gasteiger partial charge in [-0.15, -0.1) is 11.6 Å². The average molecular weight is 483 g/mol. The molecule has 178 valence electrons. The lowest BCUT2D eigenvalue weighted by molar-refractivity contribution is 0.0509. The van der Waals surface area contributed by atoms with E-state index in [-0.39, 0.29) is 23.6 Å². The molecular weight excluding hydrogens is 456 g/mol. The third-order valence-electron chi connectivity index (χ3n) is 5.49. The van der Waals surface area contributed by atoms with E-state index < -0.39 is 17.7 Å². The van der Waals surface area contributed by atoms with Gasteiger partial charge in [0.1, 0.15) is 11.3 Å². The molecule has 0 N–H and O–H groups in total. The summed E-state index contributed by atoms with van der Waals surface area (Å²) < 4.78 is 12.2. The molecular formula is C26H27ClN2O5. The second kappa shape index (κ2) is 9.14. The van der Waals surface area contributed by atoms with Gasteiger partial charge in [-0.3, -0.25) is 14.3 Å². The summed E-state index contributed by atoms with van der Waals surface area (Å²) in [4.78, 5) is 40.7. The van der Waals surface area contributed by atoms with E-state index in [1.54, 1.807) is 70.2 Å². The number of hydrogen-bond donors (Lipinski definition) is 0. The SMILES string of the molecule is CCOC(=O)c1cc2c3c(ccc2n1C(=O)c1ccccc1)N(C(=O)OC(C)(C)C)CC(Cl)C3. The molecule has 0 radical (unpaired) electrons. The first-order valence-corrected chi connectivity index (χ1v) is 11.6. The molecule has 0 fully saturated rings. The van der Waals surface area contributed by atoms with Crippen molar-refractivity contribution in [3.8, 4) is 0 Å². The maximum atomic E-state index is 13.5. The first-order valence-electron chi connectivity index (χ1n) is 11.2. The molecule has 3 aromatic rings. The highest BCUT2D eigenvalue weighted by Crippen LogP contribution is 2.37. The Balaban J connectivity index is 1.90. The number of rotatable bonds is 3. The predicted molar refractivity (Wildman–Crippen MR) is 131 cm³/mol. The van der Waals surface area contributed by atoms with Crippen molar-refractivity contribution in [3.63, 3.8) is 0 Å². The lowest BCUT2D eigenvalue weighted by Gasteiger charge is -2.34. The Bertz CT molecular complexity index is 1260. The lowest BCUT2D eigenvalue weighted by Crippen LogP contribution is -2.43. The van der Waals surface area contributed by atoms with Crippen molar-refractivity contribution < 1.29 is 23.9 Å². The standard InChI is InChI=1S/C26H27ClN2O5/c1-5-33-24(31)22-14-19-18-13-17(27)15-28(25(32)34-26(2,3)4)20(18)11-12-21(19)29(22)23(30)16-9-7-6-8-10-16/h6-12,14,17H,5,13,15H2,1-4H3. The number of ether oxygens (including phenoxy) is 2. The Morgan fingerprint density at radius 1 is 1.09 bits per heavy atom. The minimum Gasteiger partial charge on any atom is -0.461 e. The molecule has 4 rings (SSSR count). The molecule has 1 aliphatic rings. The number of hydrogen-bond acceptors (Lipinski definition) is 5. The van der Waals surface area contributed by atoms with Gasteiger partial charge < -0.3 is 9.47 Å². The molecule has 2 aromatic carbocycles. The van der Waals surface area contributed by atoms with Gasteiger partial charge in [0.25, 0.3) is 5.91 Å². The predicted octanol–water partition coefficient (Wildman–Crippen LogP) is 5.41. The maximum absolute atomic E-state index is 13.5. The van der Waals surface area contributed by atoms with Crippen molar-refractivity contribution in [2.45, 2.75) is 45.1 Å². The second-order valence-corrected chi connectivity index (χ2v) is 9.76. The Hall–Kier alpha value is -3.32. The largest absolute Gasteiger partial charge is 0.461 e.